The summed E-state index contributed by atoms with van der Waals surface area (Å²) in [5, 5.41) is 10.9. The summed E-state index contributed by atoms with van der Waals surface area (Å²) in [5.74, 6) is -0.687. The summed E-state index contributed by atoms with van der Waals surface area (Å²) in [5.41, 5.74) is 0.0759. The predicted octanol–water partition coefficient (Wildman–Crippen LogP) is 9.88. The van der Waals surface area contributed by atoms with Crippen LogP contribution in [-0.2, 0) is 15.9 Å². The molecule has 13 heteroatoms. The second kappa shape index (κ2) is 13.4. The zero-order valence-electron chi connectivity index (χ0n) is 27.2. The maximum atomic E-state index is 17.0. The summed E-state index contributed by atoms with van der Waals surface area (Å²) in [7, 11) is 0. The molecule has 3 fully saturated rings. The van der Waals surface area contributed by atoms with Crippen LogP contribution < -0.4 is 4.90 Å². The van der Waals surface area contributed by atoms with Crippen LogP contribution in [0.5, 0.6) is 0 Å². The monoisotopic (exact) mass is 812 g/mol. The number of hydrogen-bond donors (Lipinski definition) is 0. The third kappa shape index (κ3) is 6.98. The van der Waals surface area contributed by atoms with Gasteiger partial charge in [-0.25, -0.2) is 19.0 Å². The first-order valence-electron chi connectivity index (χ1n) is 15.2. The lowest BCUT2D eigenvalue weighted by Gasteiger charge is -2.44. The van der Waals surface area contributed by atoms with Gasteiger partial charge in [-0.05, 0) is 101 Å². The Morgan fingerprint density at radius 2 is 1.87 bits per heavy atom. The highest BCUT2D eigenvalue weighted by Gasteiger charge is 2.59. The quantitative estimate of drug-likeness (QED) is 0.181. The van der Waals surface area contributed by atoms with Crippen LogP contribution in [0.1, 0.15) is 59.9 Å². The molecule has 0 radical (unpaired) electrons. The fourth-order valence-corrected chi connectivity index (χ4v) is 8.46. The molecule has 0 N–H and O–H groups in total. The molecule has 2 saturated heterocycles. The Hall–Kier alpha value is -2.53. The third-order valence-corrected chi connectivity index (χ3v) is 11.0. The Morgan fingerprint density at radius 3 is 2.49 bits per heavy atom. The highest BCUT2D eigenvalue weighted by Crippen LogP contribution is 2.50. The average molecular weight is 814 g/mol. The normalized spacial score (nSPS) is 18.9. The minimum atomic E-state index is -0.834. The number of nitrogens with zero attached hydrogens (tertiary/aromatic N) is 4. The van der Waals surface area contributed by atoms with Crippen molar-refractivity contribution in [2.75, 3.05) is 17.7 Å². The number of benzene rings is 2. The number of ether oxygens (including phenoxy) is 2. The van der Waals surface area contributed by atoms with Gasteiger partial charge in [-0.1, -0.05) is 35.3 Å². The van der Waals surface area contributed by atoms with Crippen LogP contribution in [0.15, 0.2) is 29.3 Å². The van der Waals surface area contributed by atoms with Crippen LogP contribution in [0.4, 0.5) is 19.7 Å². The molecule has 2 amide bonds. The van der Waals surface area contributed by atoms with Crippen molar-refractivity contribution in [1.82, 2.24) is 9.88 Å². The van der Waals surface area contributed by atoms with E-state index in [1.165, 1.54) is 11.8 Å². The van der Waals surface area contributed by atoms with Gasteiger partial charge in [0, 0.05) is 35.4 Å². The predicted molar refractivity (Wildman–Crippen MR) is 193 cm³/mol. The number of aromatic nitrogens is 1. The fraction of sp³-hybridized carbons (Fsp3) is 0.471. The van der Waals surface area contributed by atoms with Crippen molar-refractivity contribution in [2.45, 2.75) is 89.1 Å². The number of hydrogen-bond acceptors (Lipinski definition) is 7. The number of carbonyl (C=O) groups excluding carboxylic acids is 2. The fourth-order valence-electron chi connectivity index (χ4n) is 6.28. The molecule has 3 atom stereocenters. The van der Waals surface area contributed by atoms with E-state index < -0.39 is 35.2 Å². The minimum Gasteiger partial charge on any atom is -0.444 e. The van der Waals surface area contributed by atoms with Gasteiger partial charge in [0.2, 0.25) is 0 Å². The Morgan fingerprint density at radius 1 is 1.19 bits per heavy atom. The molecule has 250 valence electrons. The standard InChI is InChI=1S/C34H36Cl2FIN4O4S/c1-33(2,3)45-31(43)41-16-18-15-22(41)28(18)42(32(44)46-34(4,5)6)29-20-14-17(10-9-13-39)23(19-11-8-12-21(35)24(19)36)25(37)27(20)40-30(47-7)26(29)38/h8,11-12,14,18,22,28H,9-10,15-16H2,1-7H3/t18-,22-,28+/m1/s1. The Labute approximate surface area is 302 Å². The highest BCUT2D eigenvalue weighted by atomic mass is 127. The lowest BCUT2D eigenvalue weighted by molar-refractivity contribution is 0.0216. The van der Waals surface area contributed by atoms with E-state index >= 15 is 4.39 Å². The molecule has 2 bridgehead atoms. The number of anilines is 1. The van der Waals surface area contributed by atoms with Crippen LogP contribution in [0.2, 0.25) is 10.0 Å². The topological polar surface area (TPSA) is 95.8 Å². The maximum absolute atomic E-state index is 17.0. The molecular weight excluding hydrogens is 777 g/mol. The van der Waals surface area contributed by atoms with E-state index in [-0.39, 0.29) is 45.9 Å². The first kappa shape index (κ1) is 35.8. The van der Waals surface area contributed by atoms with Crippen LogP contribution in [0, 0.1) is 26.6 Å². The Bertz CT molecular complexity index is 1810. The number of carbonyl (C=O) groups is 2. The van der Waals surface area contributed by atoms with Crippen molar-refractivity contribution >= 4 is 86.3 Å². The molecular formula is C34H36Cl2FIN4O4S. The second-order valence-electron chi connectivity index (χ2n) is 13.7. The zero-order valence-corrected chi connectivity index (χ0v) is 31.7. The van der Waals surface area contributed by atoms with Gasteiger partial charge in [0.1, 0.15) is 21.7 Å². The van der Waals surface area contributed by atoms with Crippen molar-refractivity contribution in [3.8, 4) is 17.2 Å². The molecule has 3 aromatic rings. The van der Waals surface area contributed by atoms with E-state index in [0.29, 0.717) is 43.8 Å². The van der Waals surface area contributed by atoms with Crippen molar-refractivity contribution < 1.29 is 23.5 Å². The number of fused-ring (bicyclic) bond motifs is 2. The molecule has 8 nitrogen and oxygen atoms in total. The second-order valence-corrected chi connectivity index (χ2v) is 16.4. The zero-order chi connectivity index (χ0) is 34.6. The van der Waals surface area contributed by atoms with E-state index in [1.807, 2.05) is 27.0 Å². The van der Waals surface area contributed by atoms with Crippen molar-refractivity contribution in [2.24, 2.45) is 5.92 Å². The molecule has 0 unspecified atom stereocenters. The molecule has 2 aromatic carbocycles. The third-order valence-electron chi connectivity index (χ3n) is 8.12. The van der Waals surface area contributed by atoms with E-state index in [9.17, 15) is 14.9 Å². The lowest BCUT2D eigenvalue weighted by Crippen LogP contribution is -2.59. The maximum Gasteiger partial charge on any atom is 0.415 e. The molecule has 3 heterocycles. The van der Waals surface area contributed by atoms with Crippen LogP contribution in [-0.4, -0.2) is 58.2 Å². The van der Waals surface area contributed by atoms with Crippen molar-refractivity contribution in [3.63, 3.8) is 0 Å². The molecule has 47 heavy (non-hydrogen) atoms. The van der Waals surface area contributed by atoms with E-state index in [0.717, 1.165) is 0 Å². The number of nitriles is 1. The molecule has 0 spiro atoms. The number of thioether (sulfide) groups is 1. The summed E-state index contributed by atoms with van der Waals surface area (Å²) in [6.07, 6.45) is 1.81. The molecule has 6 rings (SSSR count). The number of pyridine rings is 1. The van der Waals surface area contributed by atoms with E-state index in [1.54, 1.807) is 54.8 Å². The molecule has 1 aromatic heterocycles. The van der Waals surface area contributed by atoms with Gasteiger partial charge in [-0.3, -0.25) is 4.90 Å². The molecule has 2 aliphatic heterocycles. The van der Waals surface area contributed by atoms with E-state index in [4.69, 9.17) is 37.7 Å². The largest absolute Gasteiger partial charge is 0.444 e. The average Bonchev–Trinajstić information content (AvgIpc) is 3.56. The number of rotatable bonds is 6. The van der Waals surface area contributed by atoms with E-state index in [2.05, 4.69) is 28.7 Å². The Kier molecular flexibility index (Phi) is 10.2. The summed E-state index contributed by atoms with van der Waals surface area (Å²) in [6.45, 7) is 11.2. The van der Waals surface area contributed by atoms with Crippen LogP contribution in [0.3, 0.4) is 0 Å². The minimum absolute atomic E-state index is 0.0424. The van der Waals surface area contributed by atoms with Gasteiger partial charge < -0.3 is 14.4 Å². The highest BCUT2D eigenvalue weighted by molar-refractivity contribution is 14.1. The Balaban J connectivity index is 1.77. The van der Waals surface area contributed by atoms with Gasteiger partial charge in [0.15, 0.2) is 5.82 Å². The van der Waals surface area contributed by atoms with Crippen molar-refractivity contribution in [1.29, 1.82) is 5.26 Å². The smallest absolute Gasteiger partial charge is 0.415 e. The summed E-state index contributed by atoms with van der Waals surface area (Å²) in [6, 6.07) is 8.17. The summed E-state index contributed by atoms with van der Waals surface area (Å²) >= 11 is 16.4. The van der Waals surface area contributed by atoms with Gasteiger partial charge >= 0.3 is 12.2 Å². The first-order chi connectivity index (χ1) is 22.0. The summed E-state index contributed by atoms with van der Waals surface area (Å²) in [4.78, 5) is 35.6. The number of amides is 2. The first-order valence-corrected chi connectivity index (χ1v) is 18.2. The van der Waals surface area contributed by atoms with Crippen molar-refractivity contribution in [3.05, 3.63) is 49.3 Å². The van der Waals surface area contributed by atoms with Gasteiger partial charge in [-0.2, -0.15) is 5.26 Å². The molecule has 1 aliphatic carbocycles. The van der Waals surface area contributed by atoms with Crippen LogP contribution >= 0.6 is 57.6 Å². The molecule has 3 aliphatic rings. The van der Waals surface area contributed by atoms with Crippen LogP contribution in [0.25, 0.3) is 22.0 Å². The summed E-state index contributed by atoms with van der Waals surface area (Å²) < 4.78 is 29.4. The lowest BCUT2D eigenvalue weighted by atomic mass is 9.78. The van der Waals surface area contributed by atoms with Gasteiger partial charge in [0.05, 0.1) is 37.5 Å². The SMILES string of the molecule is CSc1nc2c(F)c(-c3cccc(Cl)c3Cl)c(CCC#N)cc2c(N(C(=O)OC(C)(C)C)[C@H]2[C@@H]3C[C@H]2N(C(=O)OC(C)(C)C)C3)c1I. The van der Waals surface area contributed by atoms with Gasteiger partial charge in [-0.15, -0.1) is 11.8 Å². The number of halogens is 4. The number of aryl methyl sites for hydroxylation is 1. The van der Waals surface area contributed by atoms with Gasteiger partial charge in [0.25, 0.3) is 0 Å². The molecule has 1 saturated carbocycles.